The topological polar surface area (TPSA) is 0 Å². The molecule has 0 radical (unpaired) electrons. The van der Waals surface area contributed by atoms with E-state index in [1.165, 1.54) is 0 Å². The Morgan fingerprint density at radius 1 is 0.444 bits per heavy atom. The molecule has 1 atom stereocenters. The molecule has 0 aromatic rings. The first kappa shape index (κ1) is 26.2. The second-order valence-electron chi connectivity index (χ2n) is 6.52. The largest absolute Gasteiger partial charge is 0.460 e. The minimum atomic E-state index is -7.16. The van der Waals surface area contributed by atoms with Crippen molar-refractivity contribution >= 4 is 0 Å². The molecule has 0 aromatic carbocycles. The molecule has 0 aliphatic heterocycles. The Bertz CT molecular complexity index is 425. The van der Waals surface area contributed by atoms with Crippen molar-refractivity contribution in [2.24, 2.45) is 0 Å². The lowest BCUT2D eigenvalue weighted by molar-refractivity contribution is -0.412. The molecule has 0 nitrogen and oxygen atoms in total. The van der Waals surface area contributed by atoms with Crippen molar-refractivity contribution in [3.8, 4) is 0 Å². The maximum Gasteiger partial charge on any atom is 0.460 e. The molecule has 0 amide bonds. The fraction of sp³-hybridized carbons (Fsp3) is 1.00. The van der Waals surface area contributed by atoms with E-state index in [0.29, 0.717) is 12.8 Å². The molecule has 0 saturated heterocycles. The fourth-order valence-corrected chi connectivity index (χ4v) is 2.58. The highest BCUT2D eigenvalue weighted by molar-refractivity contribution is 5.08. The van der Waals surface area contributed by atoms with E-state index in [0.717, 1.165) is 25.7 Å². The summed E-state index contributed by atoms with van der Waals surface area (Å²) in [5, 5.41) is 0. The summed E-state index contributed by atoms with van der Waals surface area (Å²) in [6.45, 7) is 1.99. The van der Waals surface area contributed by atoms with Gasteiger partial charge in [-0.05, 0) is 12.8 Å². The first-order valence-corrected chi connectivity index (χ1v) is 8.64. The van der Waals surface area contributed by atoms with Crippen LogP contribution in [0.5, 0.6) is 0 Å². The van der Waals surface area contributed by atoms with Gasteiger partial charge in [-0.25, -0.2) is 4.39 Å². The maximum absolute atomic E-state index is 14.0. The van der Waals surface area contributed by atoms with Crippen LogP contribution < -0.4 is 0 Å². The van der Waals surface area contributed by atoms with E-state index in [2.05, 4.69) is 0 Å². The Hall–Kier alpha value is -0.770. The molecule has 0 rings (SSSR count). The molecule has 0 bridgehead atoms. The molecule has 164 valence electrons. The van der Waals surface area contributed by atoms with Crippen molar-refractivity contribution in [2.75, 3.05) is 0 Å². The molecule has 0 aromatic heterocycles. The summed E-state index contributed by atoms with van der Waals surface area (Å²) in [6.07, 6.45) is -11.6. The van der Waals surface area contributed by atoms with Gasteiger partial charge in [0.2, 0.25) is 0 Å². The molecule has 0 heterocycles. The average Bonchev–Trinajstić information content (AvgIpc) is 2.50. The highest BCUT2D eigenvalue weighted by atomic mass is 19.4. The van der Waals surface area contributed by atoms with Gasteiger partial charge >= 0.3 is 24.2 Å². The van der Waals surface area contributed by atoms with Gasteiger partial charge in [-0.1, -0.05) is 58.3 Å². The fourth-order valence-electron chi connectivity index (χ4n) is 2.58. The number of hydrogen-bond donors (Lipinski definition) is 0. The molecule has 11 heteroatoms. The van der Waals surface area contributed by atoms with Gasteiger partial charge in [0.25, 0.3) is 5.67 Å². The van der Waals surface area contributed by atoms with Crippen molar-refractivity contribution in [2.45, 2.75) is 101 Å². The highest BCUT2D eigenvalue weighted by Crippen LogP contribution is 2.58. The van der Waals surface area contributed by atoms with Gasteiger partial charge in [0, 0.05) is 0 Å². The van der Waals surface area contributed by atoms with Crippen LogP contribution in [-0.4, -0.2) is 29.9 Å². The second-order valence-corrected chi connectivity index (χ2v) is 6.52. The summed E-state index contributed by atoms with van der Waals surface area (Å²) in [6, 6.07) is 0. The van der Waals surface area contributed by atoms with Gasteiger partial charge < -0.3 is 0 Å². The van der Waals surface area contributed by atoms with E-state index >= 15 is 0 Å². The Kier molecular flexibility index (Phi) is 9.35. The predicted octanol–water partition coefficient (Wildman–Crippen LogP) is 8.01. The van der Waals surface area contributed by atoms with E-state index < -0.39 is 42.7 Å². The van der Waals surface area contributed by atoms with Crippen LogP contribution in [0.4, 0.5) is 48.3 Å². The van der Waals surface area contributed by atoms with E-state index in [9.17, 15) is 48.3 Å². The van der Waals surface area contributed by atoms with Crippen LogP contribution >= 0.6 is 0 Å². The Morgan fingerprint density at radius 2 is 0.815 bits per heavy atom. The maximum atomic E-state index is 14.0. The van der Waals surface area contributed by atoms with Gasteiger partial charge in [0.05, 0.1) is 0 Å². The van der Waals surface area contributed by atoms with Crippen molar-refractivity contribution in [1.29, 1.82) is 0 Å². The van der Waals surface area contributed by atoms with Gasteiger partial charge in [0.15, 0.2) is 0 Å². The molecule has 0 saturated carbocycles. The first-order chi connectivity index (χ1) is 12.1. The number of alkyl halides is 11. The van der Waals surface area contributed by atoms with Crippen LogP contribution in [-0.2, 0) is 0 Å². The van der Waals surface area contributed by atoms with Gasteiger partial charge in [-0.2, -0.15) is 43.9 Å². The minimum absolute atomic E-state index is 0.191. The van der Waals surface area contributed by atoms with Crippen LogP contribution in [0, 0.1) is 0 Å². The van der Waals surface area contributed by atoms with Crippen molar-refractivity contribution in [3.05, 3.63) is 0 Å². The zero-order valence-electron chi connectivity index (χ0n) is 14.7. The zero-order valence-corrected chi connectivity index (χ0v) is 14.7. The smallest absolute Gasteiger partial charge is 0.227 e. The number of unbranched alkanes of at least 4 members (excludes halogenated alkanes) is 8. The molecule has 0 N–H and O–H groups in total. The lowest BCUT2D eigenvalue weighted by atomic mass is 9.86. The summed E-state index contributed by atoms with van der Waals surface area (Å²) in [4.78, 5) is 0. The monoisotopic (exact) mass is 424 g/mol. The normalized spacial score (nSPS) is 16.4. The van der Waals surface area contributed by atoms with Gasteiger partial charge in [0.1, 0.15) is 0 Å². The summed E-state index contributed by atoms with van der Waals surface area (Å²) >= 11 is 0. The molecule has 0 aliphatic rings. The van der Waals surface area contributed by atoms with Crippen molar-refractivity contribution in [1.82, 2.24) is 0 Å². The number of hydrogen-bond acceptors (Lipinski definition) is 0. The van der Waals surface area contributed by atoms with E-state index in [-0.39, 0.29) is 12.8 Å². The second kappa shape index (κ2) is 9.62. The third-order valence-corrected chi connectivity index (χ3v) is 4.32. The minimum Gasteiger partial charge on any atom is -0.227 e. The predicted molar refractivity (Wildman–Crippen MR) is 77.7 cm³/mol. The van der Waals surface area contributed by atoms with Crippen LogP contribution in [0.1, 0.15) is 71.1 Å². The zero-order chi connectivity index (χ0) is 21.6. The SMILES string of the molecule is CCCCCCCCCCCC(F)(C(F)(F)F)C(F)(F)C(F)(F)C(F)(F)F. The van der Waals surface area contributed by atoms with Crippen molar-refractivity contribution in [3.63, 3.8) is 0 Å². The molecule has 0 fully saturated rings. The Labute approximate surface area is 150 Å². The van der Waals surface area contributed by atoms with Crippen LogP contribution in [0.25, 0.3) is 0 Å². The molecule has 1 unspecified atom stereocenters. The molecular weight excluding hydrogens is 401 g/mol. The quantitative estimate of drug-likeness (QED) is 0.220. The molecule has 27 heavy (non-hydrogen) atoms. The van der Waals surface area contributed by atoms with E-state index in [4.69, 9.17) is 0 Å². The van der Waals surface area contributed by atoms with E-state index in [1.807, 2.05) is 6.92 Å². The number of rotatable bonds is 12. The van der Waals surface area contributed by atoms with Gasteiger partial charge in [-0.15, -0.1) is 0 Å². The molecule has 0 spiro atoms. The lowest BCUT2D eigenvalue weighted by Gasteiger charge is -2.39. The van der Waals surface area contributed by atoms with Crippen LogP contribution in [0.15, 0.2) is 0 Å². The highest BCUT2D eigenvalue weighted by Gasteiger charge is 2.85. The third kappa shape index (κ3) is 6.10. The van der Waals surface area contributed by atoms with Crippen LogP contribution in [0.2, 0.25) is 0 Å². The summed E-state index contributed by atoms with van der Waals surface area (Å²) in [5.74, 6) is -14.2. The van der Waals surface area contributed by atoms with Crippen LogP contribution in [0.3, 0.4) is 0 Å². The molecular formula is C16H23F11. The Balaban J connectivity index is 4.94. The molecule has 0 aliphatic carbocycles. The lowest BCUT2D eigenvalue weighted by Crippen LogP contribution is -2.67. The summed E-state index contributed by atoms with van der Waals surface area (Å²) in [5.41, 5.74) is -5.99. The van der Waals surface area contributed by atoms with Crippen molar-refractivity contribution < 1.29 is 48.3 Å². The number of halogens is 11. The third-order valence-electron chi connectivity index (χ3n) is 4.32. The average molecular weight is 424 g/mol. The van der Waals surface area contributed by atoms with E-state index in [1.54, 1.807) is 0 Å². The summed E-state index contributed by atoms with van der Waals surface area (Å²) in [7, 11) is 0. The summed E-state index contributed by atoms with van der Waals surface area (Å²) < 4.78 is 141. The first-order valence-electron chi connectivity index (χ1n) is 8.64. The Morgan fingerprint density at radius 3 is 1.15 bits per heavy atom. The standard InChI is InChI=1S/C16H23F11/c1-2-3-4-5-6-7-8-9-10-11-12(17,15(22,23)24)13(18,19)14(20,21)16(25,26)27/h2-11H2,1H3. The van der Waals surface area contributed by atoms with Gasteiger partial charge in [-0.3, -0.25) is 0 Å².